The van der Waals surface area contributed by atoms with Crippen molar-refractivity contribution in [1.82, 2.24) is 4.90 Å². The zero-order valence-electron chi connectivity index (χ0n) is 12.2. The number of halogens is 1. The molecule has 1 aliphatic heterocycles. The maximum absolute atomic E-state index is 9.69. The minimum absolute atomic E-state index is 0. The van der Waals surface area contributed by atoms with Gasteiger partial charge in [0, 0.05) is 13.1 Å². The molecule has 4 nitrogen and oxygen atoms in total. The van der Waals surface area contributed by atoms with Gasteiger partial charge in [0.2, 0.25) is 0 Å². The summed E-state index contributed by atoms with van der Waals surface area (Å²) >= 11 is 0. The third-order valence-corrected chi connectivity index (χ3v) is 3.47. The molecule has 0 spiro atoms. The van der Waals surface area contributed by atoms with Crippen molar-refractivity contribution in [3.63, 3.8) is 0 Å². The van der Waals surface area contributed by atoms with Crippen LogP contribution >= 0.6 is 12.4 Å². The second-order valence-electron chi connectivity index (χ2n) is 5.02. The van der Waals surface area contributed by atoms with Gasteiger partial charge in [0.15, 0.2) is 11.5 Å². The fraction of sp³-hybridized carbons (Fsp3) is 0.235. The van der Waals surface area contributed by atoms with Gasteiger partial charge in [-0.2, -0.15) is 0 Å². The highest BCUT2D eigenvalue weighted by atomic mass is 35.5. The van der Waals surface area contributed by atoms with E-state index in [0.29, 0.717) is 5.75 Å². The normalized spacial score (nSPS) is 13.0. The van der Waals surface area contributed by atoms with Crippen molar-refractivity contribution in [3.8, 4) is 17.2 Å². The van der Waals surface area contributed by atoms with E-state index >= 15 is 0 Å². The molecule has 0 saturated heterocycles. The standard InChI is InChI=1S/C17H18N2O2.ClH/c20-16-3-1-2-4-17(16)21-15-7-5-14(6-8-15)9-11-19-12-10-18-13-19;/h1-8,13,20H,9-12H2;1H. The lowest BCUT2D eigenvalue weighted by Gasteiger charge is -2.13. The summed E-state index contributed by atoms with van der Waals surface area (Å²) in [5.41, 5.74) is 1.26. The summed E-state index contributed by atoms with van der Waals surface area (Å²) in [7, 11) is 0. The van der Waals surface area contributed by atoms with E-state index in [9.17, 15) is 5.11 Å². The molecule has 0 aromatic heterocycles. The summed E-state index contributed by atoms with van der Waals surface area (Å²) in [5.74, 6) is 1.34. The van der Waals surface area contributed by atoms with Crippen molar-refractivity contribution in [1.29, 1.82) is 0 Å². The number of nitrogens with zero attached hydrogens (tertiary/aromatic N) is 2. The van der Waals surface area contributed by atoms with Crippen molar-refractivity contribution in [2.24, 2.45) is 4.99 Å². The number of ether oxygens (including phenoxy) is 1. The van der Waals surface area contributed by atoms with Crippen LogP contribution in [-0.4, -0.2) is 36.0 Å². The van der Waals surface area contributed by atoms with Crippen LogP contribution < -0.4 is 4.74 Å². The van der Waals surface area contributed by atoms with Gasteiger partial charge in [-0.1, -0.05) is 24.3 Å². The SMILES string of the molecule is Cl.Oc1ccccc1Oc1ccc(CCN2C=NCC2)cc1. The average molecular weight is 319 g/mol. The summed E-state index contributed by atoms with van der Waals surface area (Å²) in [6.45, 7) is 2.92. The van der Waals surface area contributed by atoms with Crippen LogP contribution in [-0.2, 0) is 6.42 Å². The number of rotatable bonds is 5. The van der Waals surface area contributed by atoms with Gasteiger partial charge < -0.3 is 14.7 Å². The first-order valence-corrected chi connectivity index (χ1v) is 7.10. The second-order valence-corrected chi connectivity index (χ2v) is 5.02. The fourth-order valence-corrected chi connectivity index (χ4v) is 2.25. The van der Waals surface area contributed by atoms with Crippen LogP contribution in [0.3, 0.4) is 0 Å². The van der Waals surface area contributed by atoms with Crippen molar-refractivity contribution in [3.05, 3.63) is 54.1 Å². The maximum atomic E-state index is 9.69. The van der Waals surface area contributed by atoms with Crippen LogP contribution in [0.5, 0.6) is 17.2 Å². The number of aromatic hydroxyl groups is 1. The maximum Gasteiger partial charge on any atom is 0.169 e. The minimum Gasteiger partial charge on any atom is -0.504 e. The van der Waals surface area contributed by atoms with E-state index in [1.54, 1.807) is 18.2 Å². The molecule has 22 heavy (non-hydrogen) atoms. The van der Waals surface area contributed by atoms with Crippen LogP contribution in [0.2, 0.25) is 0 Å². The van der Waals surface area contributed by atoms with E-state index in [4.69, 9.17) is 4.74 Å². The molecule has 0 saturated carbocycles. The molecule has 3 rings (SSSR count). The number of phenolic OH excluding ortho intramolecular Hbond substituents is 1. The summed E-state index contributed by atoms with van der Waals surface area (Å²) in [4.78, 5) is 6.43. The quantitative estimate of drug-likeness (QED) is 0.917. The van der Waals surface area contributed by atoms with E-state index < -0.39 is 0 Å². The molecule has 0 aliphatic carbocycles. The molecule has 1 aliphatic rings. The Labute approximate surface area is 136 Å². The van der Waals surface area contributed by atoms with E-state index in [2.05, 4.69) is 22.0 Å². The number of phenols is 1. The molecule has 0 atom stereocenters. The Hall–Kier alpha value is -2.20. The summed E-state index contributed by atoms with van der Waals surface area (Å²) in [5, 5.41) is 9.69. The Morgan fingerprint density at radius 2 is 1.86 bits per heavy atom. The third-order valence-electron chi connectivity index (χ3n) is 3.47. The molecule has 0 fully saturated rings. The molecule has 1 N–H and O–H groups in total. The van der Waals surface area contributed by atoms with Crippen LogP contribution in [0, 0.1) is 0 Å². The number of hydrogen-bond donors (Lipinski definition) is 1. The Morgan fingerprint density at radius 1 is 1.09 bits per heavy atom. The zero-order valence-corrected chi connectivity index (χ0v) is 13.0. The Kier molecular flexibility index (Phi) is 5.67. The molecule has 5 heteroatoms. The fourth-order valence-electron chi connectivity index (χ4n) is 2.25. The molecule has 2 aromatic carbocycles. The molecule has 1 heterocycles. The van der Waals surface area contributed by atoms with E-state index in [1.165, 1.54) is 5.56 Å². The lowest BCUT2D eigenvalue weighted by Crippen LogP contribution is -2.22. The molecular formula is C17H19ClN2O2. The lowest BCUT2D eigenvalue weighted by atomic mass is 10.1. The van der Waals surface area contributed by atoms with Gasteiger partial charge in [-0.15, -0.1) is 12.4 Å². The highest BCUT2D eigenvalue weighted by molar-refractivity contribution is 5.85. The topological polar surface area (TPSA) is 45.1 Å². The lowest BCUT2D eigenvalue weighted by molar-refractivity contribution is 0.411. The van der Waals surface area contributed by atoms with Gasteiger partial charge in [0.05, 0.1) is 12.9 Å². The number of benzene rings is 2. The minimum atomic E-state index is 0. The number of aliphatic imine (C=N–C) groups is 1. The largest absolute Gasteiger partial charge is 0.504 e. The van der Waals surface area contributed by atoms with Gasteiger partial charge >= 0.3 is 0 Å². The monoisotopic (exact) mass is 318 g/mol. The van der Waals surface area contributed by atoms with Gasteiger partial charge in [0.25, 0.3) is 0 Å². The zero-order chi connectivity index (χ0) is 14.5. The predicted octanol–water partition coefficient (Wildman–Crippen LogP) is 3.49. The molecule has 2 aromatic rings. The van der Waals surface area contributed by atoms with E-state index in [0.717, 1.165) is 31.8 Å². The van der Waals surface area contributed by atoms with Crippen molar-refractivity contribution in [2.75, 3.05) is 19.6 Å². The average Bonchev–Trinajstić information content (AvgIpc) is 3.02. The van der Waals surface area contributed by atoms with Crippen molar-refractivity contribution >= 4 is 18.7 Å². The van der Waals surface area contributed by atoms with Crippen LogP contribution in [0.25, 0.3) is 0 Å². The smallest absolute Gasteiger partial charge is 0.169 e. The van der Waals surface area contributed by atoms with Crippen LogP contribution in [0.15, 0.2) is 53.5 Å². The third kappa shape index (κ3) is 4.15. The second kappa shape index (κ2) is 7.71. The Balaban J connectivity index is 0.00000176. The molecule has 0 radical (unpaired) electrons. The summed E-state index contributed by atoms with van der Waals surface area (Å²) in [6, 6.07) is 14.9. The van der Waals surface area contributed by atoms with Gasteiger partial charge in [-0.05, 0) is 36.2 Å². The molecular weight excluding hydrogens is 300 g/mol. The van der Waals surface area contributed by atoms with Gasteiger partial charge in [-0.3, -0.25) is 4.99 Å². The van der Waals surface area contributed by atoms with E-state index in [-0.39, 0.29) is 18.2 Å². The van der Waals surface area contributed by atoms with Crippen LogP contribution in [0.1, 0.15) is 5.56 Å². The molecule has 0 unspecified atom stereocenters. The number of hydrogen-bond acceptors (Lipinski definition) is 4. The first-order valence-electron chi connectivity index (χ1n) is 7.10. The van der Waals surface area contributed by atoms with Crippen LogP contribution in [0.4, 0.5) is 0 Å². The number of para-hydroxylation sites is 2. The van der Waals surface area contributed by atoms with Crippen molar-refractivity contribution in [2.45, 2.75) is 6.42 Å². The first kappa shape index (κ1) is 16.2. The summed E-state index contributed by atoms with van der Waals surface area (Å²) in [6.07, 6.45) is 2.92. The molecule has 0 amide bonds. The van der Waals surface area contributed by atoms with Gasteiger partial charge in [-0.25, -0.2) is 0 Å². The highest BCUT2D eigenvalue weighted by Crippen LogP contribution is 2.29. The highest BCUT2D eigenvalue weighted by Gasteiger charge is 2.06. The summed E-state index contributed by atoms with van der Waals surface area (Å²) < 4.78 is 5.66. The Bertz CT molecular complexity index is 629. The Morgan fingerprint density at radius 3 is 2.55 bits per heavy atom. The molecule has 116 valence electrons. The van der Waals surface area contributed by atoms with E-state index in [1.807, 2.05) is 24.5 Å². The van der Waals surface area contributed by atoms with Crippen molar-refractivity contribution < 1.29 is 9.84 Å². The predicted molar refractivity (Wildman–Crippen MR) is 90.5 cm³/mol. The molecule has 0 bridgehead atoms. The van der Waals surface area contributed by atoms with Gasteiger partial charge in [0.1, 0.15) is 5.75 Å². The first-order chi connectivity index (χ1) is 10.3.